The van der Waals surface area contributed by atoms with Gasteiger partial charge in [0.05, 0.1) is 18.3 Å². The first-order valence-electron chi connectivity index (χ1n) is 8.32. The van der Waals surface area contributed by atoms with E-state index in [-0.39, 0.29) is 17.8 Å². The molecule has 0 fully saturated rings. The summed E-state index contributed by atoms with van der Waals surface area (Å²) in [5.41, 5.74) is 1.76. The van der Waals surface area contributed by atoms with Gasteiger partial charge in [0.25, 0.3) is 5.91 Å². The molecule has 0 aromatic heterocycles. The Labute approximate surface area is 147 Å². The summed E-state index contributed by atoms with van der Waals surface area (Å²) in [7, 11) is 0. The molecular formula is C20H21NO4. The predicted octanol–water partition coefficient (Wildman–Crippen LogP) is 3.72. The van der Waals surface area contributed by atoms with Crippen LogP contribution in [0, 0.1) is 0 Å². The summed E-state index contributed by atoms with van der Waals surface area (Å²) in [5, 5.41) is 0. The Morgan fingerprint density at radius 1 is 1.08 bits per heavy atom. The van der Waals surface area contributed by atoms with Crippen LogP contribution >= 0.6 is 0 Å². The lowest BCUT2D eigenvalue weighted by Crippen LogP contribution is -2.38. The molecule has 1 aliphatic heterocycles. The van der Waals surface area contributed by atoms with E-state index in [1.807, 2.05) is 13.8 Å². The van der Waals surface area contributed by atoms with Gasteiger partial charge < -0.3 is 14.4 Å². The molecule has 0 bridgehead atoms. The van der Waals surface area contributed by atoms with Crippen molar-refractivity contribution in [3.8, 4) is 11.5 Å². The lowest BCUT2D eigenvalue weighted by atomic mass is 10.1. The highest BCUT2D eigenvalue weighted by atomic mass is 16.5. The van der Waals surface area contributed by atoms with Crippen molar-refractivity contribution >= 4 is 17.4 Å². The van der Waals surface area contributed by atoms with Crippen LogP contribution in [0.15, 0.2) is 42.5 Å². The van der Waals surface area contributed by atoms with Crippen LogP contribution in [0.4, 0.5) is 5.69 Å². The van der Waals surface area contributed by atoms with E-state index in [4.69, 9.17) is 9.47 Å². The van der Waals surface area contributed by atoms with Gasteiger partial charge in [0, 0.05) is 11.1 Å². The fourth-order valence-electron chi connectivity index (χ4n) is 2.75. The number of Topliss-reactive ketones (excluding diaryl/α,β-unsaturated/α-hetero) is 1. The molecule has 2 aromatic carbocycles. The van der Waals surface area contributed by atoms with E-state index in [0.717, 1.165) is 5.75 Å². The molecule has 3 rings (SSSR count). The van der Waals surface area contributed by atoms with Gasteiger partial charge in [-0.05, 0) is 63.2 Å². The van der Waals surface area contributed by atoms with E-state index >= 15 is 0 Å². The third-order valence-corrected chi connectivity index (χ3v) is 3.95. The minimum atomic E-state index is -0.124. The molecule has 5 nitrogen and oxygen atoms in total. The Balaban J connectivity index is 1.88. The van der Waals surface area contributed by atoms with E-state index in [1.165, 1.54) is 6.92 Å². The Hall–Kier alpha value is -2.82. The van der Waals surface area contributed by atoms with Gasteiger partial charge in [-0.3, -0.25) is 9.59 Å². The summed E-state index contributed by atoms with van der Waals surface area (Å²) in [6.45, 7) is 6.28. The van der Waals surface area contributed by atoms with Crippen LogP contribution in [-0.2, 0) is 0 Å². The predicted molar refractivity (Wildman–Crippen MR) is 95.8 cm³/mol. The second-order valence-electron chi connectivity index (χ2n) is 6.23. The molecule has 0 atom stereocenters. The molecule has 0 radical (unpaired) electrons. The number of fused-ring (bicyclic) bond motifs is 1. The summed E-state index contributed by atoms with van der Waals surface area (Å²) in [6.07, 6.45) is 0.0812. The fourth-order valence-corrected chi connectivity index (χ4v) is 2.75. The number of nitrogens with zero attached hydrogens (tertiary/aromatic N) is 1. The van der Waals surface area contributed by atoms with Gasteiger partial charge in [0.1, 0.15) is 18.1 Å². The molecule has 2 aromatic rings. The fraction of sp³-hybridized carbons (Fsp3) is 0.300. The van der Waals surface area contributed by atoms with Gasteiger partial charge in [0.15, 0.2) is 5.78 Å². The molecule has 130 valence electrons. The first kappa shape index (κ1) is 17.0. The topological polar surface area (TPSA) is 55.8 Å². The number of ether oxygens (including phenoxy) is 2. The number of carbonyl (C=O) groups excluding carboxylic acids is 2. The van der Waals surface area contributed by atoms with Crippen molar-refractivity contribution in [3.05, 3.63) is 53.6 Å². The molecule has 0 N–H and O–H groups in total. The molecule has 0 unspecified atom stereocenters. The second kappa shape index (κ2) is 6.97. The molecule has 1 aliphatic rings. The number of amides is 1. The van der Waals surface area contributed by atoms with Crippen LogP contribution in [-0.4, -0.2) is 30.9 Å². The quantitative estimate of drug-likeness (QED) is 0.797. The zero-order chi connectivity index (χ0) is 18.0. The number of carbonyl (C=O) groups is 2. The SMILES string of the molecule is CC(=O)c1ccc2c(c1)N(C(=O)c1ccc(OC(C)C)cc1)CCO2. The molecular weight excluding hydrogens is 318 g/mol. The normalized spacial score (nSPS) is 13.2. The molecule has 0 spiro atoms. The summed E-state index contributed by atoms with van der Waals surface area (Å²) < 4.78 is 11.2. The van der Waals surface area contributed by atoms with Gasteiger partial charge in [-0.25, -0.2) is 0 Å². The number of hydrogen-bond acceptors (Lipinski definition) is 4. The summed E-state index contributed by atoms with van der Waals surface area (Å²) in [6, 6.07) is 12.3. The standard InChI is InChI=1S/C20H21NO4/c1-13(2)25-17-7-4-15(5-8-17)20(23)21-10-11-24-19-9-6-16(14(3)22)12-18(19)21/h4-9,12-13H,10-11H2,1-3H3. The van der Waals surface area contributed by atoms with E-state index in [9.17, 15) is 9.59 Å². The maximum atomic E-state index is 12.9. The Bertz CT molecular complexity index is 796. The molecule has 1 amide bonds. The number of hydrogen-bond donors (Lipinski definition) is 0. The Kier molecular flexibility index (Phi) is 4.74. The highest BCUT2D eigenvalue weighted by Gasteiger charge is 2.25. The van der Waals surface area contributed by atoms with Crippen molar-refractivity contribution in [2.75, 3.05) is 18.1 Å². The van der Waals surface area contributed by atoms with Crippen molar-refractivity contribution in [2.24, 2.45) is 0 Å². The summed E-state index contributed by atoms with van der Waals surface area (Å²) in [5.74, 6) is 1.18. The molecule has 1 heterocycles. The lowest BCUT2D eigenvalue weighted by Gasteiger charge is -2.30. The van der Waals surface area contributed by atoms with E-state index in [0.29, 0.717) is 35.7 Å². The van der Waals surface area contributed by atoms with Crippen LogP contribution in [0.3, 0.4) is 0 Å². The van der Waals surface area contributed by atoms with Crippen molar-refractivity contribution in [1.29, 1.82) is 0 Å². The number of ketones is 1. The number of anilines is 1. The highest BCUT2D eigenvalue weighted by Crippen LogP contribution is 2.33. The van der Waals surface area contributed by atoms with Crippen molar-refractivity contribution in [3.63, 3.8) is 0 Å². The number of benzene rings is 2. The number of rotatable bonds is 4. The Morgan fingerprint density at radius 3 is 2.40 bits per heavy atom. The average molecular weight is 339 g/mol. The van der Waals surface area contributed by atoms with E-state index in [2.05, 4.69) is 0 Å². The minimum Gasteiger partial charge on any atom is -0.491 e. The van der Waals surface area contributed by atoms with E-state index < -0.39 is 0 Å². The maximum Gasteiger partial charge on any atom is 0.258 e. The zero-order valence-electron chi connectivity index (χ0n) is 14.6. The highest BCUT2D eigenvalue weighted by molar-refractivity contribution is 6.08. The van der Waals surface area contributed by atoms with Gasteiger partial charge in [0.2, 0.25) is 0 Å². The largest absolute Gasteiger partial charge is 0.491 e. The molecule has 0 saturated heterocycles. The van der Waals surface area contributed by atoms with Gasteiger partial charge in [-0.2, -0.15) is 0 Å². The molecule has 0 aliphatic carbocycles. The van der Waals surface area contributed by atoms with Gasteiger partial charge in [-0.15, -0.1) is 0 Å². The summed E-state index contributed by atoms with van der Waals surface area (Å²) >= 11 is 0. The van der Waals surface area contributed by atoms with Gasteiger partial charge >= 0.3 is 0 Å². The first-order valence-corrected chi connectivity index (χ1v) is 8.32. The van der Waals surface area contributed by atoms with Crippen molar-refractivity contribution in [2.45, 2.75) is 26.9 Å². The third-order valence-electron chi connectivity index (χ3n) is 3.95. The maximum absolute atomic E-state index is 12.9. The third kappa shape index (κ3) is 3.65. The van der Waals surface area contributed by atoms with Crippen molar-refractivity contribution < 1.29 is 19.1 Å². The first-order chi connectivity index (χ1) is 12.0. The zero-order valence-corrected chi connectivity index (χ0v) is 14.6. The van der Waals surface area contributed by atoms with Crippen LogP contribution in [0.5, 0.6) is 11.5 Å². The van der Waals surface area contributed by atoms with E-state index in [1.54, 1.807) is 47.4 Å². The van der Waals surface area contributed by atoms with Gasteiger partial charge in [-0.1, -0.05) is 0 Å². The Morgan fingerprint density at radius 2 is 1.76 bits per heavy atom. The van der Waals surface area contributed by atoms with Crippen LogP contribution in [0.25, 0.3) is 0 Å². The summed E-state index contributed by atoms with van der Waals surface area (Å²) in [4.78, 5) is 26.2. The smallest absolute Gasteiger partial charge is 0.258 e. The lowest BCUT2D eigenvalue weighted by molar-refractivity contribution is 0.0973. The molecule has 25 heavy (non-hydrogen) atoms. The minimum absolute atomic E-state index is 0.0454. The van der Waals surface area contributed by atoms with Crippen molar-refractivity contribution in [1.82, 2.24) is 0 Å². The second-order valence-corrected chi connectivity index (χ2v) is 6.23. The van der Waals surface area contributed by atoms with Crippen LogP contribution in [0.1, 0.15) is 41.5 Å². The molecule has 5 heteroatoms. The van der Waals surface area contributed by atoms with Crippen LogP contribution in [0.2, 0.25) is 0 Å². The average Bonchev–Trinajstić information content (AvgIpc) is 2.60. The monoisotopic (exact) mass is 339 g/mol. The molecule has 0 saturated carbocycles. The van der Waals surface area contributed by atoms with Crippen LogP contribution < -0.4 is 14.4 Å².